The fourth-order valence-corrected chi connectivity index (χ4v) is 3.79. The summed E-state index contributed by atoms with van der Waals surface area (Å²) in [7, 11) is 1.55. The van der Waals surface area contributed by atoms with Crippen LogP contribution in [0.2, 0.25) is 0 Å². The molecular formula is C22H32FN3O3. The highest BCUT2D eigenvalue weighted by molar-refractivity contribution is 5.76. The molecule has 2 heterocycles. The van der Waals surface area contributed by atoms with Crippen LogP contribution in [-0.4, -0.2) is 51.7 Å². The van der Waals surface area contributed by atoms with Crippen molar-refractivity contribution >= 4 is 24.2 Å². The number of hydrogen-bond donors (Lipinski definition) is 2. The molecule has 1 unspecified atom stereocenters. The molecule has 1 amide bonds. The highest BCUT2D eigenvalue weighted by atomic mass is 19.1. The molecule has 3 rings (SSSR count). The molecule has 2 aliphatic heterocycles. The van der Waals surface area contributed by atoms with Gasteiger partial charge in [-0.1, -0.05) is 13.0 Å². The third-order valence-electron chi connectivity index (χ3n) is 5.86. The second-order valence-corrected chi connectivity index (χ2v) is 7.83. The van der Waals surface area contributed by atoms with Crippen LogP contribution in [0.4, 0.5) is 10.1 Å². The molecular weight excluding hydrogens is 373 g/mol. The molecule has 0 radical (unpaired) electrons. The molecule has 2 saturated heterocycles. The van der Waals surface area contributed by atoms with Crippen molar-refractivity contribution in [3.8, 4) is 0 Å². The highest BCUT2D eigenvalue weighted by Crippen LogP contribution is 2.37. The van der Waals surface area contributed by atoms with Gasteiger partial charge in [0.1, 0.15) is 18.4 Å². The standard InChI is InChI=1S/C19H26FN3O2.C3H6O/c1-21-18(25)5-2-14(11-24)16-4-3-15(10-17(16)20)23-8-6-19(7-9-23)12-22-13-19;1-2-3-4/h3-4,10-11,14,22H,2,5-9,12-13H2,1H3,(H,21,25);3H,2H2,1H3. The van der Waals surface area contributed by atoms with Gasteiger partial charge in [-0.05, 0) is 42.4 Å². The molecule has 1 aromatic rings. The first-order valence-corrected chi connectivity index (χ1v) is 10.3. The predicted molar refractivity (Wildman–Crippen MR) is 112 cm³/mol. The van der Waals surface area contributed by atoms with Crippen LogP contribution < -0.4 is 15.5 Å². The van der Waals surface area contributed by atoms with Gasteiger partial charge in [-0.15, -0.1) is 0 Å². The summed E-state index contributed by atoms with van der Waals surface area (Å²) < 4.78 is 14.6. The zero-order valence-corrected chi connectivity index (χ0v) is 17.4. The first-order valence-electron chi connectivity index (χ1n) is 10.3. The van der Waals surface area contributed by atoms with E-state index in [1.165, 1.54) is 6.07 Å². The Morgan fingerprint density at radius 3 is 2.41 bits per heavy atom. The maximum atomic E-state index is 14.6. The van der Waals surface area contributed by atoms with E-state index in [4.69, 9.17) is 0 Å². The molecule has 29 heavy (non-hydrogen) atoms. The second-order valence-electron chi connectivity index (χ2n) is 7.83. The van der Waals surface area contributed by atoms with Crippen molar-refractivity contribution in [2.75, 3.05) is 38.1 Å². The summed E-state index contributed by atoms with van der Waals surface area (Å²) in [5, 5.41) is 5.86. The Balaban J connectivity index is 0.000000687. The Labute approximate surface area is 172 Å². The number of hydrogen-bond acceptors (Lipinski definition) is 5. The molecule has 0 aromatic heterocycles. The van der Waals surface area contributed by atoms with Gasteiger partial charge in [0.25, 0.3) is 0 Å². The van der Waals surface area contributed by atoms with Gasteiger partial charge in [0.2, 0.25) is 5.91 Å². The summed E-state index contributed by atoms with van der Waals surface area (Å²) in [4.78, 5) is 34.1. The normalized spacial score (nSPS) is 18.1. The molecule has 1 atom stereocenters. The van der Waals surface area contributed by atoms with E-state index in [0.29, 0.717) is 23.8 Å². The zero-order chi connectivity index (χ0) is 21.3. The number of amides is 1. The van der Waals surface area contributed by atoms with E-state index in [1.54, 1.807) is 13.1 Å². The van der Waals surface area contributed by atoms with E-state index in [9.17, 15) is 18.8 Å². The minimum atomic E-state index is -0.586. The Bertz CT molecular complexity index is 697. The molecule has 0 saturated carbocycles. The van der Waals surface area contributed by atoms with Crippen LogP contribution in [0.5, 0.6) is 0 Å². The molecule has 1 aromatic carbocycles. The summed E-state index contributed by atoms with van der Waals surface area (Å²) >= 11 is 0. The van der Waals surface area contributed by atoms with E-state index >= 15 is 0 Å². The topological polar surface area (TPSA) is 78.5 Å². The predicted octanol–water partition coefficient (Wildman–Crippen LogP) is 2.42. The molecule has 0 bridgehead atoms. The average Bonchev–Trinajstić information content (AvgIpc) is 2.73. The number of piperidine rings is 1. The van der Waals surface area contributed by atoms with Crippen LogP contribution in [0, 0.1) is 11.2 Å². The van der Waals surface area contributed by atoms with Gasteiger partial charge in [-0.25, -0.2) is 4.39 Å². The molecule has 0 aliphatic carbocycles. The van der Waals surface area contributed by atoms with Crippen molar-refractivity contribution in [3.63, 3.8) is 0 Å². The molecule has 2 aliphatic rings. The molecule has 1 spiro atoms. The van der Waals surface area contributed by atoms with Crippen molar-refractivity contribution in [2.24, 2.45) is 5.41 Å². The summed E-state index contributed by atoms with van der Waals surface area (Å²) in [5.41, 5.74) is 1.70. The lowest BCUT2D eigenvalue weighted by Gasteiger charge is -2.49. The van der Waals surface area contributed by atoms with E-state index in [0.717, 1.165) is 57.3 Å². The monoisotopic (exact) mass is 405 g/mol. The minimum Gasteiger partial charge on any atom is -0.371 e. The van der Waals surface area contributed by atoms with Crippen LogP contribution in [0.1, 0.15) is 50.5 Å². The Hall–Kier alpha value is -2.28. The molecule has 6 nitrogen and oxygen atoms in total. The van der Waals surface area contributed by atoms with Gasteiger partial charge in [-0.2, -0.15) is 0 Å². The van der Waals surface area contributed by atoms with E-state index < -0.39 is 5.92 Å². The lowest BCUT2D eigenvalue weighted by Crippen LogP contribution is -2.58. The lowest BCUT2D eigenvalue weighted by molar-refractivity contribution is -0.120. The average molecular weight is 406 g/mol. The first-order chi connectivity index (χ1) is 14.0. The quantitative estimate of drug-likeness (QED) is 0.681. The third kappa shape index (κ3) is 6.10. The van der Waals surface area contributed by atoms with Crippen molar-refractivity contribution in [3.05, 3.63) is 29.6 Å². The number of aldehydes is 2. The number of rotatable bonds is 7. The van der Waals surface area contributed by atoms with Crippen molar-refractivity contribution < 1.29 is 18.8 Å². The van der Waals surface area contributed by atoms with Gasteiger partial charge in [0.15, 0.2) is 0 Å². The number of nitrogens with one attached hydrogen (secondary N) is 2. The lowest BCUT2D eigenvalue weighted by atomic mass is 9.73. The second kappa shape index (κ2) is 11.0. The Morgan fingerprint density at radius 1 is 1.31 bits per heavy atom. The van der Waals surface area contributed by atoms with Gasteiger partial charge in [0.05, 0.1) is 0 Å². The number of nitrogens with zero attached hydrogens (tertiary/aromatic N) is 1. The van der Waals surface area contributed by atoms with Crippen molar-refractivity contribution in [2.45, 2.75) is 44.9 Å². The summed E-state index contributed by atoms with van der Waals surface area (Å²) in [6.45, 7) is 5.89. The van der Waals surface area contributed by atoms with Gasteiger partial charge in [-0.3, -0.25) is 4.79 Å². The number of benzene rings is 1. The number of carbonyl (C=O) groups is 3. The summed E-state index contributed by atoms with van der Waals surface area (Å²) in [6.07, 6.45) is 5.04. The first kappa shape index (κ1) is 23.0. The smallest absolute Gasteiger partial charge is 0.219 e. The van der Waals surface area contributed by atoms with Crippen LogP contribution in [0.3, 0.4) is 0 Å². The van der Waals surface area contributed by atoms with Gasteiger partial charge < -0.3 is 25.1 Å². The van der Waals surface area contributed by atoms with E-state index in [1.807, 2.05) is 13.0 Å². The Morgan fingerprint density at radius 2 is 1.97 bits per heavy atom. The maximum absolute atomic E-state index is 14.6. The van der Waals surface area contributed by atoms with Crippen LogP contribution in [-0.2, 0) is 14.4 Å². The summed E-state index contributed by atoms with van der Waals surface area (Å²) in [6, 6.07) is 5.12. The molecule has 7 heteroatoms. The zero-order valence-electron chi connectivity index (χ0n) is 17.4. The number of carbonyl (C=O) groups excluding carboxylic acids is 3. The highest BCUT2D eigenvalue weighted by Gasteiger charge is 2.39. The molecule has 2 N–H and O–H groups in total. The minimum absolute atomic E-state index is 0.142. The van der Waals surface area contributed by atoms with Crippen LogP contribution >= 0.6 is 0 Å². The van der Waals surface area contributed by atoms with Crippen molar-refractivity contribution in [1.29, 1.82) is 0 Å². The van der Waals surface area contributed by atoms with Crippen LogP contribution in [0.25, 0.3) is 0 Å². The van der Waals surface area contributed by atoms with Gasteiger partial charge in [0, 0.05) is 57.7 Å². The summed E-state index contributed by atoms with van der Waals surface area (Å²) in [5.74, 6) is -1.09. The SMILES string of the molecule is CCC=O.CNC(=O)CCC(C=O)c1ccc(N2CCC3(CC2)CNC3)cc1F. The fourth-order valence-electron chi connectivity index (χ4n) is 3.79. The van der Waals surface area contributed by atoms with E-state index in [2.05, 4.69) is 15.5 Å². The molecule has 2 fully saturated rings. The van der Waals surface area contributed by atoms with E-state index in [-0.39, 0.29) is 18.1 Å². The number of halogens is 1. The van der Waals surface area contributed by atoms with Crippen LogP contribution in [0.15, 0.2) is 18.2 Å². The maximum Gasteiger partial charge on any atom is 0.219 e. The molecule has 160 valence electrons. The fraction of sp³-hybridized carbons (Fsp3) is 0.591. The van der Waals surface area contributed by atoms with Crippen molar-refractivity contribution in [1.82, 2.24) is 10.6 Å². The van der Waals surface area contributed by atoms with Gasteiger partial charge >= 0.3 is 0 Å². The number of anilines is 1. The Kier molecular flexibility index (Phi) is 8.76. The largest absolute Gasteiger partial charge is 0.371 e. The third-order valence-corrected chi connectivity index (χ3v) is 5.86.